The van der Waals surface area contributed by atoms with Crippen molar-refractivity contribution in [1.82, 2.24) is 9.55 Å². The summed E-state index contributed by atoms with van der Waals surface area (Å²) in [7, 11) is 2.10. The Hall–Kier alpha value is -0.870. The minimum absolute atomic E-state index is 0.295. The van der Waals surface area contributed by atoms with Gasteiger partial charge in [0.1, 0.15) is 5.82 Å². The molecule has 2 N–H and O–H groups in total. The van der Waals surface area contributed by atoms with Gasteiger partial charge in [0.05, 0.1) is 11.0 Å². The largest absolute Gasteiger partial charge is 0.331 e. The lowest BCUT2D eigenvalue weighted by molar-refractivity contribution is 0.535. The number of fused-ring (bicyclic) bond motifs is 1. The molecule has 2 aromatic rings. The third-order valence-corrected chi connectivity index (χ3v) is 4.11. The van der Waals surface area contributed by atoms with Crippen LogP contribution in [0.3, 0.4) is 0 Å². The van der Waals surface area contributed by atoms with Crippen LogP contribution in [0.4, 0.5) is 0 Å². The highest BCUT2D eigenvalue weighted by Crippen LogP contribution is 2.26. The zero-order valence-corrected chi connectivity index (χ0v) is 13.4. The summed E-state index contributed by atoms with van der Waals surface area (Å²) < 4.78 is 3.28. The van der Waals surface area contributed by atoms with E-state index in [1.54, 1.807) is 0 Å². The van der Waals surface area contributed by atoms with Crippen molar-refractivity contribution < 1.29 is 0 Å². The normalized spacial score (nSPS) is 14.8. The van der Waals surface area contributed by atoms with Gasteiger partial charge in [-0.1, -0.05) is 29.3 Å². The molecule has 2 rings (SSSR count). The van der Waals surface area contributed by atoms with Gasteiger partial charge in [0, 0.05) is 23.5 Å². The van der Waals surface area contributed by atoms with Crippen LogP contribution in [0.15, 0.2) is 22.7 Å². The van der Waals surface area contributed by atoms with Crippen molar-refractivity contribution in [3.63, 3.8) is 0 Å². The first kappa shape index (κ1) is 14.5. The molecule has 0 aliphatic carbocycles. The number of imidazole rings is 1. The second-order valence-corrected chi connectivity index (χ2v) is 6.39. The lowest BCUT2D eigenvalue weighted by Crippen LogP contribution is -2.14. The van der Waals surface area contributed by atoms with Gasteiger partial charge < -0.3 is 10.3 Å². The van der Waals surface area contributed by atoms with Crippen LogP contribution in [0.5, 0.6) is 0 Å². The van der Waals surface area contributed by atoms with Crippen molar-refractivity contribution in [1.29, 1.82) is 0 Å². The van der Waals surface area contributed by atoms with Gasteiger partial charge >= 0.3 is 0 Å². The fraction of sp³-hybridized carbons (Fsp3) is 0.533. The molecule has 104 valence electrons. The van der Waals surface area contributed by atoms with Crippen LogP contribution in [0.25, 0.3) is 11.0 Å². The monoisotopic (exact) mass is 323 g/mol. The first-order valence-electron chi connectivity index (χ1n) is 6.86. The van der Waals surface area contributed by atoms with Crippen molar-refractivity contribution in [3.05, 3.63) is 28.5 Å². The second-order valence-electron chi connectivity index (χ2n) is 5.47. The minimum atomic E-state index is 0.295. The molecule has 1 heterocycles. The van der Waals surface area contributed by atoms with E-state index in [2.05, 4.69) is 59.6 Å². The number of hydrogen-bond donors (Lipinski definition) is 1. The average Bonchev–Trinajstić information content (AvgIpc) is 2.65. The second kappa shape index (κ2) is 6.06. The summed E-state index contributed by atoms with van der Waals surface area (Å²) in [6.45, 7) is 4.31. The Morgan fingerprint density at radius 1 is 1.32 bits per heavy atom. The summed E-state index contributed by atoms with van der Waals surface area (Å²) in [5, 5.41) is 0. The van der Waals surface area contributed by atoms with E-state index in [1.165, 1.54) is 5.52 Å². The first-order valence-corrected chi connectivity index (χ1v) is 7.65. The van der Waals surface area contributed by atoms with Crippen LogP contribution in [-0.2, 0) is 7.05 Å². The van der Waals surface area contributed by atoms with E-state index < -0.39 is 0 Å². The van der Waals surface area contributed by atoms with E-state index in [-0.39, 0.29) is 0 Å². The maximum absolute atomic E-state index is 5.80. The fourth-order valence-corrected chi connectivity index (χ4v) is 2.86. The highest BCUT2D eigenvalue weighted by molar-refractivity contribution is 9.10. The number of aromatic nitrogens is 2. The Morgan fingerprint density at radius 2 is 2.05 bits per heavy atom. The number of nitrogens with two attached hydrogens (primary N) is 1. The zero-order valence-electron chi connectivity index (χ0n) is 11.9. The van der Waals surface area contributed by atoms with Crippen LogP contribution in [0.1, 0.15) is 44.9 Å². The van der Waals surface area contributed by atoms with Gasteiger partial charge in [0.2, 0.25) is 0 Å². The van der Waals surface area contributed by atoms with Gasteiger partial charge in [-0.05, 0) is 38.0 Å². The van der Waals surface area contributed by atoms with Crippen molar-refractivity contribution in [2.75, 3.05) is 0 Å². The third-order valence-electron chi connectivity index (χ3n) is 3.61. The van der Waals surface area contributed by atoms with Gasteiger partial charge in [0.25, 0.3) is 0 Å². The third kappa shape index (κ3) is 3.37. The van der Waals surface area contributed by atoms with Crippen LogP contribution >= 0.6 is 15.9 Å². The minimum Gasteiger partial charge on any atom is -0.331 e. The molecule has 1 aromatic carbocycles. The summed E-state index contributed by atoms with van der Waals surface area (Å²) in [5.41, 5.74) is 8.05. The lowest BCUT2D eigenvalue weighted by atomic mass is 10.0. The fourth-order valence-electron chi connectivity index (χ4n) is 2.51. The Morgan fingerprint density at radius 3 is 2.74 bits per heavy atom. The molecule has 0 aliphatic rings. The van der Waals surface area contributed by atoms with Crippen LogP contribution in [0.2, 0.25) is 0 Å². The summed E-state index contributed by atoms with van der Waals surface area (Å²) in [5.74, 6) is 1.63. The maximum atomic E-state index is 5.80. The molecule has 0 saturated carbocycles. The topological polar surface area (TPSA) is 43.8 Å². The number of nitrogens with zero attached hydrogens (tertiary/aromatic N) is 2. The Balaban J connectivity index is 2.17. The van der Waals surface area contributed by atoms with Crippen molar-refractivity contribution >= 4 is 27.0 Å². The maximum Gasteiger partial charge on any atom is 0.112 e. The Bertz CT molecular complexity index is 560. The average molecular weight is 324 g/mol. The summed E-state index contributed by atoms with van der Waals surface area (Å²) in [6.07, 6.45) is 3.38. The molecule has 0 aliphatic heterocycles. The molecule has 2 unspecified atom stereocenters. The van der Waals surface area contributed by atoms with Gasteiger partial charge in [-0.2, -0.15) is 0 Å². The number of rotatable bonds is 5. The Kier molecular flexibility index (Phi) is 4.63. The summed E-state index contributed by atoms with van der Waals surface area (Å²) in [4.78, 5) is 4.77. The van der Waals surface area contributed by atoms with E-state index >= 15 is 0 Å². The van der Waals surface area contributed by atoms with E-state index in [0.717, 1.165) is 35.1 Å². The number of aryl methyl sites for hydroxylation is 1. The molecule has 2 atom stereocenters. The van der Waals surface area contributed by atoms with Gasteiger partial charge in [0.15, 0.2) is 0 Å². The standard InChI is InChI=1S/C15H22BrN3/c1-10(5-4-6-11(2)17)15-18-13-9-12(16)7-8-14(13)19(15)3/h7-11H,4-6,17H2,1-3H3. The number of benzene rings is 1. The first-order chi connectivity index (χ1) is 8.99. The highest BCUT2D eigenvalue weighted by Gasteiger charge is 2.14. The SMILES string of the molecule is CC(N)CCCC(C)c1nc2cc(Br)ccc2n1C. The van der Waals surface area contributed by atoms with E-state index in [4.69, 9.17) is 10.7 Å². The predicted molar refractivity (Wildman–Crippen MR) is 84.3 cm³/mol. The highest BCUT2D eigenvalue weighted by atomic mass is 79.9. The summed E-state index contributed by atoms with van der Waals surface area (Å²) >= 11 is 3.50. The van der Waals surface area contributed by atoms with Crippen LogP contribution in [-0.4, -0.2) is 15.6 Å². The van der Waals surface area contributed by atoms with Gasteiger partial charge in [-0.25, -0.2) is 4.98 Å². The molecule has 0 spiro atoms. The molecular formula is C15H22BrN3. The molecule has 4 heteroatoms. The molecular weight excluding hydrogens is 302 g/mol. The van der Waals surface area contributed by atoms with Gasteiger partial charge in [-0.15, -0.1) is 0 Å². The lowest BCUT2D eigenvalue weighted by Gasteiger charge is -2.12. The molecule has 0 fully saturated rings. The molecule has 0 radical (unpaired) electrons. The molecule has 0 saturated heterocycles. The number of hydrogen-bond acceptors (Lipinski definition) is 2. The van der Waals surface area contributed by atoms with Crippen molar-refractivity contribution in [2.24, 2.45) is 12.8 Å². The van der Waals surface area contributed by atoms with E-state index in [0.29, 0.717) is 12.0 Å². The zero-order chi connectivity index (χ0) is 14.0. The smallest absolute Gasteiger partial charge is 0.112 e. The van der Waals surface area contributed by atoms with Crippen LogP contribution < -0.4 is 5.73 Å². The molecule has 1 aromatic heterocycles. The molecule has 0 bridgehead atoms. The quantitative estimate of drug-likeness (QED) is 0.905. The molecule has 3 nitrogen and oxygen atoms in total. The molecule has 19 heavy (non-hydrogen) atoms. The summed E-state index contributed by atoms with van der Waals surface area (Å²) in [6, 6.07) is 6.55. The number of halogens is 1. The Labute approximate surface area is 123 Å². The van der Waals surface area contributed by atoms with E-state index in [9.17, 15) is 0 Å². The predicted octanol–water partition coefficient (Wildman–Crippen LogP) is 3.96. The van der Waals surface area contributed by atoms with E-state index in [1.807, 2.05) is 0 Å². The van der Waals surface area contributed by atoms with Crippen molar-refractivity contribution in [3.8, 4) is 0 Å². The van der Waals surface area contributed by atoms with Crippen molar-refractivity contribution in [2.45, 2.75) is 45.1 Å². The molecule has 0 amide bonds. The van der Waals surface area contributed by atoms with Gasteiger partial charge in [-0.3, -0.25) is 0 Å². The van der Waals surface area contributed by atoms with Crippen LogP contribution in [0, 0.1) is 0 Å².